The van der Waals surface area contributed by atoms with Crippen molar-refractivity contribution in [3.05, 3.63) is 12.4 Å². The molecule has 0 saturated carbocycles. The van der Waals surface area contributed by atoms with E-state index in [0.717, 1.165) is 0 Å². The van der Waals surface area contributed by atoms with Crippen molar-refractivity contribution in [2.75, 3.05) is 18.5 Å². The van der Waals surface area contributed by atoms with Crippen molar-refractivity contribution in [1.29, 1.82) is 0 Å². The third-order valence-electron chi connectivity index (χ3n) is 2.62. The van der Waals surface area contributed by atoms with Crippen LogP contribution in [0.2, 0.25) is 0 Å². The first-order valence-electron chi connectivity index (χ1n) is 6.36. The third-order valence-corrected chi connectivity index (χ3v) is 2.62. The van der Waals surface area contributed by atoms with Gasteiger partial charge in [-0.15, -0.1) is 0 Å². The number of hydrogen-bond donors (Lipinski definition) is 3. The zero-order valence-corrected chi connectivity index (χ0v) is 11.6. The molecule has 1 rings (SSSR count). The average molecular weight is 284 g/mol. The van der Waals surface area contributed by atoms with Gasteiger partial charge in [0, 0.05) is 25.4 Å². The summed E-state index contributed by atoms with van der Waals surface area (Å²) in [6.45, 7) is 3.97. The minimum absolute atomic E-state index is 0.00406. The van der Waals surface area contributed by atoms with E-state index in [2.05, 4.69) is 10.4 Å². The zero-order chi connectivity index (χ0) is 15.1. The Hall–Kier alpha value is -2.09. The normalized spacial score (nSPS) is 10.6. The molecule has 112 valence electrons. The highest BCUT2D eigenvalue weighted by Gasteiger charge is 2.17. The van der Waals surface area contributed by atoms with E-state index in [1.165, 1.54) is 17.1 Å². The van der Waals surface area contributed by atoms with Crippen molar-refractivity contribution in [2.45, 2.75) is 32.9 Å². The summed E-state index contributed by atoms with van der Waals surface area (Å²) in [5, 5.41) is 24.0. The number of carboxylic acids is 1. The summed E-state index contributed by atoms with van der Waals surface area (Å²) in [7, 11) is 0. The van der Waals surface area contributed by atoms with Crippen LogP contribution in [-0.4, -0.2) is 56.1 Å². The average Bonchev–Trinajstić information content (AvgIpc) is 2.75. The number of rotatable bonds is 7. The van der Waals surface area contributed by atoms with E-state index < -0.39 is 5.97 Å². The minimum Gasteiger partial charge on any atom is -0.480 e. The summed E-state index contributed by atoms with van der Waals surface area (Å²) in [5.74, 6) is -1.00. The molecule has 0 aliphatic rings. The molecule has 0 fully saturated rings. The second-order valence-corrected chi connectivity index (χ2v) is 4.61. The van der Waals surface area contributed by atoms with Gasteiger partial charge in [0.15, 0.2) is 0 Å². The molecule has 0 unspecified atom stereocenters. The first-order valence-corrected chi connectivity index (χ1v) is 6.36. The van der Waals surface area contributed by atoms with E-state index in [9.17, 15) is 9.59 Å². The van der Waals surface area contributed by atoms with Crippen molar-refractivity contribution >= 4 is 17.7 Å². The van der Waals surface area contributed by atoms with Gasteiger partial charge < -0.3 is 20.4 Å². The SMILES string of the molecule is CC(C)N(CCCO)C(=O)Nc1cnn(CC(=O)O)c1. The van der Waals surface area contributed by atoms with Crippen molar-refractivity contribution < 1.29 is 19.8 Å². The fourth-order valence-electron chi connectivity index (χ4n) is 1.68. The zero-order valence-electron chi connectivity index (χ0n) is 11.6. The summed E-state index contributed by atoms with van der Waals surface area (Å²) in [5.41, 5.74) is 0.436. The summed E-state index contributed by atoms with van der Waals surface area (Å²) in [6, 6.07) is -0.307. The molecule has 1 heterocycles. The van der Waals surface area contributed by atoms with Crippen molar-refractivity contribution in [3.63, 3.8) is 0 Å². The third kappa shape index (κ3) is 4.88. The molecule has 8 heteroatoms. The predicted molar refractivity (Wildman–Crippen MR) is 72.4 cm³/mol. The first-order chi connectivity index (χ1) is 9.43. The fourth-order valence-corrected chi connectivity index (χ4v) is 1.68. The number of carbonyl (C=O) groups excluding carboxylic acids is 1. The number of urea groups is 1. The molecule has 0 aromatic carbocycles. The second-order valence-electron chi connectivity index (χ2n) is 4.61. The van der Waals surface area contributed by atoms with Gasteiger partial charge in [-0.25, -0.2) is 4.79 Å². The lowest BCUT2D eigenvalue weighted by Crippen LogP contribution is -2.40. The number of hydrogen-bond acceptors (Lipinski definition) is 4. The monoisotopic (exact) mass is 284 g/mol. The lowest BCUT2D eigenvalue weighted by Gasteiger charge is -2.26. The topological polar surface area (TPSA) is 108 Å². The lowest BCUT2D eigenvalue weighted by molar-refractivity contribution is -0.137. The van der Waals surface area contributed by atoms with Gasteiger partial charge in [0.05, 0.1) is 11.9 Å². The molecule has 3 N–H and O–H groups in total. The molecule has 20 heavy (non-hydrogen) atoms. The van der Waals surface area contributed by atoms with Crippen molar-refractivity contribution in [1.82, 2.24) is 14.7 Å². The van der Waals surface area contributed by atoms with Gasteiger partial charge in [0.1, 0.15) is 6.54 Å². The molecule has 0 aliphatic heterocycles. The van der Waals surface area contributed by atoms with Crippen LogP contribution in [0.5, 0.6) is 0 Å². The van der Waals surface area contributed by atoms with Crippen LogP contribution in [0.4, 0.5) is 10.5 Å². The molecular formula is C12H20N4O4. The van der Waals surface area contributed by atoms with Crippen LogP contribution in [0.25, 0.3) is 0 Å². The van der Waals surface area contributed by atoms with Crippen LogP contribution in [0.3, 0.4) is 0 Å². The van der Waals surface area contributed by atoms with Gasteiger partial charge in [-0.1, -0.05) is 0 Å². The van der Waals surface area contributed by atoms with E-state index in [4.69, 9.17) is 10.2 Å². The van der Waals surface area contributed by atoms with E-state index in [1.807, 2.05) is 13.8 Å². The lowest BCUT2D eigenvalue weighted by atomic mass is 10.3. The maximum Gasteiger partial charge on any atom is 0.325 e. The highest BCUT2D eigenvalue weighted by atomic mass is 16.4. The Balaban J connectivity index is 2.63. The van der Waals surface area contributed by atoms with Crippen LogP contribution in [-0.2, 0) is 11.3 Å². The smallest absolute Gasteiger partial charge is 0.325 e. The van der Waals surface area contributed by atoms with Gasteiger partial charge in [-0.05, 0) is 20.3 Å². The molecule has 0 saturated heterocycles. The quantitative estimate of drug-likeness (QED) is 0.679. The highest BCUT2D eigenvalue weighted by molar-refractivity contribution is 5.89. The van der Waals surface area contributed by atoms with E-state index in [1.54, 1.807) is 4.90 Å². The van der Waals surface area contributed by atoms with Crippen LogP contribution < -0.4 is 5.32 Å². The van der Waals surface area contributed by atoms with Crippen molar-refractivity contribution in [3.8, 4) is 0 Å². The molecule has 1 aromatic rings. The Morgan fingerprint density at radius 2 is 2.20 bits per heavy atom. The predicted octanol–water partition coefficient (Wildman–Crippen LogP) is 0.592. The standard InChI is InChI=1S/C12H20N4O4/c1-9(2)16(4-3-5-17)12(20)14-10-6-13-15(7-10)8-11(18)19/h6-7,9,17H,3-5,8H2,1-2H3,(H,14,20)(H,18,19). The number of aromatic nitrogens is 2. The van der Waals surface area contributed by atoms with Crippen molar-refractivity contribution in [2.24, 2.45) is 0 Å². The number of aliphatic hydroxyl groups excluding tert-OH is 1. The first kappa shape index (κ1) is 16.0. The van der Waals surface area contributed by atoms with Crippen LogP contribution in [0, 0.1) is 0 Å². The molecular weight excluding hydrogens is 264 g/mol. The van der Waals surface area contributed by atoms with Crippen LogP contribution in [0.15, 0.2) is 12.4 Å². The molecule has 0 aliphatic carbocycles. The summed E-state index contributed by atoms with van der Waals surface area (Å²) in [4.78, 5) is 24.2. The fraction of sp³-hybridized carbons (Fsp3) is 0.583. The second kappa shape index (κ2) is 7.49. The number of carboxylic acid groups (broad SMARTS) is 1. The Morgan fingerprint density at radius 3 is 2.75 bits per heavy atom. The number of anilines is 1. The number of nitrogens with one attached hydrogen (secondary N) is 1. The Bertz CT molecular complexity index is 458. The molecule has 8 nitrogen and oxygen atoms in total. The minimum atomic E-state index is -1.00. The van der Waals surface area contributed by atoms with Gasteiger partial charge in [0.25, 0.3) is 0 Å². The number of amides is 2. The molecule has 1 aromatic heterocycles. The largest absolute Gasteiger partial charge is 0.480 e. The number of aliphatic hydroxyl groups is 1. The molecule has 0 atom stereocenters. The molecule has 0 bridgehead atoms. The maximum absolute atomic E-state index is 12.1. The molecule has 2 amide bonds. The van der Waals surface area contributed by atoms with E-state index >= 15 is 0 Å². The molecule has 0 radical (unpaired) electrons. The summed E-state index contributed by atoms with van der Waals surface area (Å²) >= 11 is 0. The van der Waals surface area contributed by atoms with Crippen LogP contribution in [0.1, 0.15) is 20.3 Å². The van der Waals surface area contributed by atoms with Crippen LogP contribution >= 0.6 is 0 Å². The summed E-state index contributed by atoms with van der Waals surface area (Å²) in [6.07, 6.45) is 3.35. The Morgan fingerprint density at radius 1 is 1.50 bits per heavy atom. The Labute approximate surface area is 117 Å². The highest BCUT2D eigenvalue weighted by Crippen LogP contribution is 2.09. The number of aliphatic carboxylic acids is 1. The number of carbonyl (C=O) groups is 2. The van der Waals surface area contributed by atoms with E-state index in [0.29, 0.717) is 18.7 Å². The summed E-state index contributed by atoms with van der Waals surface area (Å²) < 4.78 is 1.23. The van der Waals surface area contributed by atoms with Gasteiger partial charge in [-0.3, -0.25) is 9.48 Å². The maximum atomic E-state index is 12.1. The molecule has 0 spiro atoms. The van der Waals surface area contributed by atoms with E-state index in [-0.39, 0.29) is 25.2 Å². The van der Waals surface area contributed by atoms with Gasteiger partial charge in [0.2, 0.25) is 0 Å². The van der Waals surface area contributed by atoms with Gasteiger partial charge in [-0.2, -0.15) is 5.10 Å². The number of nitrogens with zero attached hydrogens (tertiary/aromatic N) is 3. The Kier molecular flexibility index (Phi) is 5.98. The van der Waals surface area contributed by atoms with Gasteiger partial charge >= 0.3 is 12.0 Å².